The zero-order chi connectivity index (χ0) is 16.4. The highest BCUT2D eigenvalue weighted by molar-refractivity contribution is 5.12. The maximum Gasteiger partial charge on any atom is 0.0576 e. The van der Waals surface area contributed by atoms with E-state index in [1.807, 2.05) is 0 Å². The fourth-order valence-corrected chi connectivity index (χ4v) is 8.25. The molecule has 0 aromatic carbocycles. The van der Waals surface area contributed by atoms with Gasteiger partial charge in [-0.05, 0) is 85.4 Å². The minimum atomic E-state index is -0.0562. The van der Waals surface area contributed by atoms with Crippen molar-refractivity contribution in [2.75, 3.05) is 0 Å². The van der Waals surface area contributed by atoms with E-state index in [1.165, 1.54) is 44.9 Å². The molecule has 0 bridgehead atoms. The molecule has 2 heteroatoms. The molecule has 132 valence electrons. The lowest BCUT2D eigenvalue weighted by Crippen LogP contribution is -2.59. The van der Waals surface area contributed by atoms with Crippen molar-refractivity contribution >= 4 is 0 Å². The highest BCUT2D eigenvalue weighted by Gasteiger charge is 2.62. The van der Waals surface area contributed by atoms with Crippen LogP contribution < -0.4 is 5.73 Å². The second-order valence-electron chi connectivity index (χ2n) is 9.92. The molecule has 4 aliphatic rings. The van der Waals surface area contributed by atoms with Crippen molar-refractivity contribution in [3.63, 3.8) is 0 Å². The predicted molar refractivity (Wildman–Crippen MR) is 94.9 cm³/mol. The molecule has 4 rings (SSSR count). The van der Waals surface area contributed by atoms with Gasteiger partial charge >= 0.3 is 0 Å². The zero-order valence-corrected chi connectivity index (χ0v) is 15.4. The lowest BCUT2D eigenvalue weighted by Gasteiger charge is -2.62. The summed E-state index contributed by atoms with van der Waals surface area (Å²) >= 11 is 0. The summed E-state index contributed by atoms with van der Waals surface area (Å²) in [6.07, 6.45) is 11.6. The van der Waals surface area contributed by atoms with Gasteiger partial charge in [0.15, 0.2) is 0 Å². The molecular formula is C21H37NO. The lowest BCUT2D eigenvalue weighted by atomic mass is 9.44. The second-order valence-corrected chi connectivity index (χ2v) is 9.92. The van der Waals surface area contributed by atoms with Crippen molar-refractivity contribution in [1.29, 1.82) is 0 Å². The molecule has 0 aliphatic heterocycles. The average Bonchev–Trinajstić information content (AvgIpc) is 2.78. The molecule has 0 spiro atoms. The van der Waals surface area contributed by atoms with E-state index in [9.17, 15) is 5.11 Å². The fraction of sp³-hybridized carbons (Fsp3) is 1.00. The minimum absolute atomic E-state index is 0.0562. The number of aliphatic hydroxyl groups is 1. The van der Waals surface area contributed by atoms with Gasteiger partial charge in [-0.1, -0.05) is 33.6 Å². The molecular weight excluding hydrogens is 282 g/mol. The topological polar surface area (TPSA) is 46.2 Å². The molecule has 4 saturated carbocycles. The molecule has 23 heavy (non-hydrogen) atoms. The van der Waals surface area contributed by atoms with Gasteiger partial charge in [0, 0.05) is 6.04 Å². The Kier molecular flexibility index (Phi) is 3.89. The Morgan fingerprint density at radius 1 is 1.04 bits per heavy atom. The Bertz CT molecular complexity index is 465. The van der Waals surface area contributed by atoms with Gasteiger partial charge in [0.1, 0.15) is 0 Å². The van der Waals surface area contributed by atoms with Gasteiger partial charge < -0.3 is 10.8 Å². The lowest BCUT2D eigenvalue weighted by molar-refractivity contribution is -0.119. The third kappa shape index (κ3) is 2.06. The van der Waals surface area contributed by atoms with Gasteiger partial charge in [0.05, 0.1) is 6.10 Å². The summed E-state index contributed by atoms with van der Waals surface area (Å²) in [5.41, 5.74) is 7.49. The maximum absolute atomic E-state index is 10.7. The van der Waals surface area contributed by atoms with Crippen LogP contribution in [0.1, 0.15) is 78.6 Å². The molecule has 0 aromatic heterocycles. The number of nitrogens with two attached hydrogens (primary N) is 1. The van der Waals surface area contributed by atoms with Crippen molar-refractivity contribution < 1.29 is 5.11 Å². The highest BCUT2D eigenvalue weighted by atomic mass is 16.3. The van der Waals surface area contributed by atoms with Crippen LogP contribution in [0.25, 0.3) is 0 Å². The quantitative estimate of drug-likeness (QED) is 0.754. The normalized spacial score (nSPS) is 59.1. The third-order valence-electron chi connectivity index (χ3n) is 9.52. The SMILES string of the molecule is CC[C@H]1C(O)C[C@H]2[C@@H]3CCC4CCCC(N)[C@]4(C)[C@H]3CC[C@]12C. The summed E-state index contributed by atoms with van der Waals surface area (Å²) in [5, 5.41) is 10.7. The summed E-state index contributed by atoms with van der Waals surface area (Å²) in [4.78, 5) is 0. The van der Waals surface area contributed by atoms with Crippen LogP contribution in [0.4, 0.5) is 0 Å². The van der Waals surface area contributed by atoms with Gasteiger partial charge in [-0.25, -0.2) is 0 Å². The van der Waals surface area contributed by atoms with Gasteiger partial charge in [-0.15, -0.1) is 0 Å². The van der Waals surface area contributed by atoms with Crippen LogP contribution in [0.15, 0.2) is 0 Å². The number of hydrogen-bond donors (Lipinski definition) is 2. The average molecular weight is 320 g/mol. The van der Waals surface area contributed by atoms with Crippen LogP contribution in [0, 0.1) is 40.4 Å². The molecule has 0 heterocycles. The second kappa shape index (κ2) is 5.46. The van der Waals surface area contributed by atoms with Gasteiger partial charge in [0.2, 0.25) is 0 Å². The van der Waals surface area contributed by atoms with Crippen molar-refractivity contribution in [3.8, 4) is 0 Å². The standard InChI is InChI=1S/C21H37NO/c1-4-15-18(23)12-17-14-9-8-13-6-5-7-19(22)21(13,3)16(14)10-11-20(15,17)2/h13-19,23H,4-12,22H2,1-3H3/t13?,14-,15+,16+,17+,18?,19?,20-,21+/m1/s1. The smallest absolute Gasteiger partial charge is 0.0576 e. The van der Waals surface area contributed by atoms with E-state index >= 15 is 0 Å². The van der Waals surface area contributed by atoms with Gasteiger partial charge in [0.25, 0.3) is 0 Å². The fourth-order valence-electron chi connectivity index (χ4n) is 8.25. The predicted octanol–water partition coefficient (Wildman–Crippen LogP) is 4.35. The maximum atomic E-state index is 10.7. The highest BCUT2D eigenvalue weighted by Crippen LogP contribution is 2.67. The first-order chi connectivity index (χ1) is 10.9. The Morgan fingerprint density at radius 2 is 1.83 bits per heavy atom. The van der Waals surface area contributed by atoms with Crippen molar-refractivity contribution in [1.82, 2.24) is 0 Å². The molecule has 2 nitrogen and oxygen atoms in total. The molecule has 9 atom stereocenters. The van der Waals surface area contributed by atoms with E-state index in [2.05, 4.69) is 20.8 Å². The summed E-state index contributed by atoms with van der Waals surface area (Å²) in [7, 11) is 0. The first kappa shape index (κ1) is 16.4. The zero-order valence-electron chi connectivity index (χ0n) is 15.4. The first-order valence-corrected chi connectivity index (χ1v) is 10.4. The van der Waals surface area contributed by atoms with Crippen LogP contribution >= 0.6 is 0 Å². The number of fused-ring (bicyclic) bond motifs is 5. The van der Waals surface area contributed by atoms with E-state index in [-0.39, 0.29) is 6.10 Å². The number of rotatable bonds is 1. The molecule has 3 unspecified atom stereocenters. The van der Waals surface area contributed by atoms with E-state index in [0.717, 1.165) is 36.5 Å². The Labute approximate surface area is 142 Å². The van der Waals surface area contributed by atoms with Crippen LogP contribution in [0.3, 0.4) is 0 Å². The van der Waals surface area contributed by atoms with Crippen LogP contribution in [-0.2, 0) is 0 Å². The van der Waals surface area contributed by atoms with Crippen molar-refractivity contribution in [2.24, 2.45) is 46.2 Å². The van der Waals surface area contributed by atoms with Crippen molar-refractivity contribution in [2.45, 2.75) is 90.7 Å². The van der Waals surface area contributed by atoms with Crippen LogP contribution in [0.2, 0.25) is 0 Å². The summed E-state index contributed by atoms with van der Waals surface area (Å²) in [6, 6.07) is 0.409. The molecule has 0 saturated heterocycles. The third-order valence-corrected chi connectivity index (χ3v) is 9.52. The number of aliphatic hydroxyl groups excluding tert-OH is 1. The van der Waals surface area contributed by atoms with Crippen LogP contribution in [0.5, 0.6) is 0 Å². The summed E-state index contributed by atoms with van der Waals surface area (Å²) in [6.45, 7) is 7.33. The van der Waals surface area contributed by atoms with E-state index in [0.29, 0.717) is 22.8 Å². The Morgan fingerprint density at radius 3 is 2.57 bits per heavy atom. The van der Waals surface area contributed by atoms with Crippen molar-refractivity contribution in [3.05, 3.63) is 0 Å². The monoisotopic (exact) mass is 319 g/mol. The van der Waals surface area contributed by atoms with Gasteiger partial charge in [-0.3, -0.25) is 0 Å². The number of hydrogen-bond acceptors (Lipinski definition) is 2. The van der Waals surface area contributed by atoms with Gasteiger partial charge in [-0.2, -0.15) is 0 Å². The molecule has 0 radical (unpaired) electrons. The van der Waals surface area contributed by atoms with E-state index in [1.54, 1.807) is 0 Å². The van der Waals surface area contributed by atoms with Crippen LogP contribution in [-0.4, -0.2) is 17.3 Å². The largest absolute Gasteiger partial charge is 0.393 e. The van der Waals surface area contributed by atoms with E-state index < -0.39 is 0 Å². The van der Waals surface area contributed by atoms with E-state index in [4.69, 9.17) is 5.73 Å². The minimum Gasteiger partial charge on any atom is -0.393 e. The molecule has 4 aliphatic carbocycles. The summed E-state index contributed by atoms with van der Waals surface area (Å²) in [5.74, 6) is 3.78. The molecule has 0 amide bonds. The molecule has 3 N–H and O–H groups in total. The Hall–Kier alpha value is -0.0800. The molecule has 4 fully saturated rings. The Balaban J connectivity index is 1.66. The summed E-state index contributed by atoms with van der Waals surface area (Å²) < 4.78 is 0. The first-order valence-electron chi connectivity index (χ1n) is 10.4. The molecule has 0 aromatic rings.